The van der Waals surface area contributed by atoms with Crippen LogP contribution in [-0.4, -0.2) is 26.2 Å². The Morgan fingerprint density at radius 3 is 3.33 bits per heavy atom. The summed E-state index contributed by atoms with van der Waals surface area (Å²) >= 11 is 0. The Labute approximate surface area is 105 Å². The molecule has 0 saturated heterocycles. The Bertz CT molecular complexity index is 429. The van der Waals surface area contributed by atoms with Gasteiger partial charge in [0.15, 0.2) is 6.04 Å². The zero-order chi connectivity index (χ0) is 13.0. The highest BCUT2D eigenvalue weighted by Gasteiger charge is 2.34. The number of hydrogen-bond acceptors (Lipinski definition) is 6. The predicted molar refractivity (Wildman–Crippen MR) is 63.5 cm³/mol. The topological polar surface area (TPSA) is 72.7 Å². The summed E-state index contributed by atoms with van der Waals surface area (Å²) in [6, 6.07) is 1.19. The number of nitrogens with one attached hydrogen (secondary N) is 2. The van der Waals surface area contributed by atoms with Crippen molar-refractivity contribution < 1.29 is 18.8 Å². The fourth-order valence-corrected chi connectivity index (χ4v) is 1.91. The lowest BCUT2D eigenvalue weighted by Crippen LogP contribution is -2.42. The molecular formula is C12H16N2O4. The van der Waals surface area contributed by atoms with E-state index >= 15 is 0 Å². The molecule has 0 spiro atoms. The van der Waals surface area contributed by atoms with E-state index in [1.54, 1.807) is 12.3 Å². The van der Waals surface area contributed by atoms with Crippen LogP contribution in [-0.2, 0) is 14.4 Å². The van der Waals surface area contributed by atoms with Crippen molar-refractivity contribution in [1.82, 2.24) is 10.8 Å². The molecule has 0 saturated carbocycles. The lowest BCUT2D eigenvalue weighted by atomic mass is 9.99. The minimum Gasteiger partial charge on any atom is -0.468 e. The third-order valence-corrected chi connectivity index (χ3v) is 2.75. The average molecular weight is 252 g/mol. The molecule has 98 valence electrons. The molecule has 18 heavy (non-hydrogen) atoms. The molecule has 0 amide bonds. The molecule has 2 atom stereocenters. The number of ether oxygens (including phenoxy) is 1. The Balaban J connectivity index is 2.11. The number of methoxy groups -OCH3 is 1. The molecule has 0 aromatic carbocycles. The van der Waals surface area contributed by atoms with Gasteiger partial charge in [-0.15, -0.1) is 6.58 Å². The Kier molecular flexibility index (Phi) is 4.14. The first-order chi connectivity index (χ1) is 8.77. The lowest BCUT2D eigenvalue weighted by molar-refractivity contribution is -0.144. The van der Waals surface area contributed by atoms with Gasteiger partial charge in [0.2, 0.25) is 0 Å². The summed E-state index contributed by atoms with van der Waals surface area (Å²) in [5.41, 5.74) is 3.79. The van der Waals surface area contributed by atoms with Gasteiger partial charge in [0.1, 0.15) is 5.76 Å². The van der Waals surface area contributed by atoms with Crippen molar-refractivity contribution in [3.8, 4) is 0 Å². The first kappa shape index (κ1) is 12.8. The number of rotatable bonds is 5. The highest BCUT2D eigenvalue weighted by molar-refractivity contribution is 5.77. The largest absolute Gasteiger partial charge is 0.468 e. The first-order valence-corrected chi connectivity index (χ1v) is 5.64. The van der Waals surface area contributed by atoms with Gasteiger partial charge >= 0.3 is 5.97 Å². The van der Waals surface area contributed by atoms with Crippen LogP contribution in [0, 0.1) is 0 Å². The predicted octanol–water partition coefficient (Wildman–Crippen LogP) is 0.845. The smallest absolute Gasteiger partial charge is 0.330 e. The summed E-state index contributed by atoms with van der Waals surface area (Å²) in [5.74, 6) is 0.199. The normalized spacial score (nSPS) is 22.3. The number of hydroxylamine groups is 1. The van der Waals surface area contributed by atoms with Crippen molar-refractivity contribution in [2.75, 3.05) is 20.3 Å². The first-order valence-electron chi connectivity index (χ1n) is 5.64. The van der Waals surface area contributed by atoms with Gasteiger partial charge in [0.25, 0.3) is 0 Å². The van der Waals surface area contributed by atoms with E-state index in [1.807, 2.05) is 6.07 Å². The van der Waals surface area contributed by atoms with E-state index in [2.05, 4.69) is 17.4 Å². The van der Waals surface area contributed by atoms with Crippen molar-refractivity contribution in [3.05, 3.63) is 36.3 Å². The number of carbonyl (C=O) groups is 1. The van der Waals surface area contributed by atoms with Crippen molar-refractivity contribution in [3.63, 3.8) is 0 Å². The summed E-state index contributed by atoms with van der Waals surface area (Å²) in [6.07, 6.45) is 3.20. The van der Waals surface area contributed by atoms with Crippen molar-refractivity contribution in [2.24, 2.45) is 0 Å². The van der Waals surface area contributed by atoms with Crippen LogP contribution in [0.5, 0.6) is 0 Å². The lowest BCUT2D eigenvalue weighted by Gasteiger charge is -2.27. The number of fused-ring (bicyclic) bond motifs is 1. The highest BCUT2D eigenvalue weighted by Crippen LogP contribution is 2.30. The van der Waals surface area contributed by atoms with E-state index < -0.39 is 6.04 Å². The summed E-state index contributed by atoms with van der Waals surface area (Å²) < 4.78 is 10.1. The Hall–Kier alpha value is -1.63. The molecule has 1 aliphatic heterocycles. The molecule has 6 heteroatoms. The van der Waals surface area contributed by atoms with E-state index in [1.165, 1.54) is 7.11 Å². The monoisotopic (exact) mass is 252 g/mol. The summed E-state index contributed by atoms with van der Waals surface area (Å²) in [5, 5.41) is 3.05. The molecule has 1 aromatic heterocycles. The van der Waals surface area contributed by atoms with Gasteiger partial charge in [-0.05, 0) is 6.07 Å². The summed E-state index contributed by atoms with van der Waals surface area (Å²) in [4.78, 5) is 16.8. The molecule has 1 aliphatic rings. The van der Waals surface area contributed by atoms with Crippen LogP contribution in [0.3, 0.4) is 0 Å². The van der Waals surface area contributed by atoms with E-state index in [0.717, 1.165) is 5.56 Å². The van der Waals surface area contributed by atoms with E-state index in [4.69, 9.17) is 14.0 Å². The van der Waals surface area contributed by atoms with Crippen LogP contribution in [0.4, 0.5) is 0 Å². The molecule has 2 heterocycles. The molecule has 0 radical (unpaired) electrons. The van der Waals surface area contributed by atoms with E-state index in [-0.39, 0.29) is 12.0 Å². The minimum atomic E-state index is -0.558. The summed E-state index contributed by atoms with van der Waals surface area (Å²) in [6.45, 7) is 4.52. The van der Waals surface area contributed by atoms with Gasteiger partial charge < -0.3 is 9.15 Å². The zero-order valence-corrected chi connectivity index (χ0v) is 10.1. The van der Waals surface area contributed by atoms with Crippen LogP contribution in [0.25, 0.3) is 0 Å². The molecule has 0 aliphatic carbocycles. The SMILES string of the molecule is C=CCON[C@H]1CN[C@@H](C(=O)OC)c2occc21. The van der Waals surface area contributed by atoms with E-state index in [0.29, 0.717) is 18.9 Å². The summed E-state index contributed by atoms with van der Waals surface area (Å²) in [7, 11) is 1.35. The molecule has 6 nitrogen and oxygen atoms in total. The number of hydrogen-bond donors (Lipinski definition) is 2. The van der Waals surface area contributed by atoms with Crippen LogP contribution in [0.2, 0.25) is 0 Å². The third-order valence-electron chi connectivity index (χ3n) is 2.75. The maximum Gasteiger partial charge on any atom is 0.330 e. The molecule has 0 bridgehead atoms. The fraction of sp³-hybridized carbons (Fsp3) is 0.417. The van der Waals surface area contributed by atoms with Gasteiger partial charge in [0, 0.05) is 12.1 Å². The Morgan fingerprint density at radius 1 is 1.78 bits per heavy atom. The molecule has 0 unspecified atom stereocenters. The van der Waals surface area contributed by atoms with Crippen molar-refractivity contribution in [1.29, 1.82) is 0 Å². The number of carbonyl (C=O) groups excluding carboxylic acids is 1. The average Bonchev–Trinajstić information content (AvgIpc) is 2.87. The minimum absolute atomic E-state index is 0.0698. The van der Waals surface area contributed by atoms with Gasteiger partial charge in [-0.2, -0.15) is 5.48 Å². The van der Waals surface area contributed by atoms with Crippen LogP contribution in [0.1, 0.15) is 23.4 Å². The second kappa shape index (κ2) is 5.81. The van der Waals surface area contributed by atoms with Gasteiger partial charge in [-0.1, -0.05) is 6.08 Å². The zero-order valence-electron chi connectivity index (χ0n) is 10.1. The van der Waals surface area contributed by atoms with Crippen LogP contribution < -0.4 is 10.8 Å². The standard InChI is InChI=1S/C12H16N2O4/c1-3-5-18-14-9-7-13-10(12(15)16-2)11-8(9)4-6-17-11/h3-4,6,9-10,13-14H,1,5,7H2,2H3/t9-,10+/m0/s1. The number of esters is 1. The maximum absolute atomic E-state index is 11.6. The highest BCUT2D eigenvalue weighted by atomic mass is 16.6. The van der Waals surface area contributed by atoms with E-state index in [9.17, 15) is 4.79 Å². The van der Waals surface area contributed by atoms with Crippen molar-refractivity contribution >= 4 is 5.97 Å². The quantitative estimate of drug-likeness (QED) is 0.350. The van der Waals surface area contributed by atoms with Gasteiger partial charge in [-0.3, -0.25) is 10.2 Å². The van der Waals surface area contributed by atoms with Gasteiger partial charge in [-0.25, -0.2) is 4.79 Å². The molecular weight excluding hydrogens is 236 g/mol. The van der Waals surface area contributed by atoms with Crippen molar-refractivity contribution in [2.45, 2.75) is 12.1 Å². The molecule has 0 fully saturated rings. The molecule has 1 aromatic rings. The second-order valence-corrected chi connectivity index (χ2v) is 3.87. The number of furan rings is 1. The van der Waals surface area contributed by atoms with Crippen LogP contribution >= 0.6 is 0 Å². The second-order valence-electron chi connectivity index (χ2n) is 3.87. The fourth-order valence-electron chi connectivity index (χ4n) is 1.91. The maximum atomic E-state index is 11.6. The Morgan fingerprint density at radius 2 is 2.61 bits per heavy atom. The third kappa shape index (κ3) is 2.45. The molecule has 2 N–H and O–H groups in total. The molecule has 2 rings (SSSR count). The van der Waals surface area contributed by atoms with Crippen LogP contribution in [0.15, 0.2) is 29.4 Å². The van der Waals surface area contributed by atoms with Gasteiger partial charge in [0.05, 0.1) is 26.0 Å².